The Morgan fingerprint density at radius 2 is 1.77 bits per heavy atom. The number of aliphatic imine (C=N–C) groups is 1. The molecule has 0 amide bonds. The molecule has 2 nitrogen and oxygen atoms in total. The lowest BCUT2D eigenvalue weighted by atomic mass is 9.53. The SMILES string of the molecule is C=C1CCC2CC([C@@]3(C)CC[C@H](O)C[C@@H]3/C=N/C3CCCC3)CC[C@]12C. The normalized spacial score (nSPS) is 47.6. The van der Waals surface area contributed by atoms with Crippen LogP contribution in [0.3, 0.4) is 0 Å². The van der Waals surface area contributed by atoms with Crippen LogP contribution in [0.25, 0.3) is 0 Å². The van der Waals surface area contributed by atoms with Crippen LogP contribution >= 0.6 is 0 Å². The second kappa shape index (κ2) is 7.08. The van der Waals surface area contributed by atoms with Crippen molar-refractivity contribution < 1.29 is 5.11 Å². The molecule has 4 aliphatic carbocycles. The molecule has 146 valence electrons. The minimum absolute atomic E-state index is 0.122. The quantitative estimate of drug-likeness (QED) is 0.492. The molecule has 0 aliphatic heterocycles. The van der Waals surface area contributed by atoms with E-state index >= 15 is 0 Å². The Bertz CT molecular complexity index is 563. The summed E-state index contributed by atoms with van der Waals surface area (Å²) in [6, 6.07) is 0.561. The standard InChI is InChI=1S/C24H39NO/c1-17-8-9-18-14-19(10-12-23(17,18)2)24(3)13-11-22(26)15-20(24)16-25-21-6-4-5-7-21/h16,18-22,26H,1,4-15H2,2-3H3/b25-16+/t18?,19?,20-,22+,23-,24-/m1/s1. The van der Waals surface area contributed by atoms with Gasteiger partial charge in [-0.05, 0) is 86.9 Å². The molecule has 4 aliphatic rings. The Balaban J connectivity index is 1.51. The first-order valence-electron chi connectivity index (χ1n) is 11.3. The molecule has 4 fully saturated rings. The monoisotopic (exact) mass is 357 g/mol. The van der Waals surface area contributed by atoms with Crippen LogP contribution in [0.2, 0.25) is 0 Å². The highest BCUT2D eigenvalue weighted by molar-refractivity contribution is 5.63. The molecular weight excluding hydrogens is 318 g/mol. The highest BCUT2D eigenvalue weighted by atomic mass is 16.3. The summed E-state index contributed by atoms with van der Waals surface area (Å²) in [5.74, 6) is 2.09. The van der Waals surface area contributed by atoms with Crippen LogP contribution in [0.1, 0.15) is 90.9 Å². The third-order valence-corrected chi connectivity index (χ3v) is 9.21. The van der Waals surface area contributed by atoms with Crippen molar-refractivity contribution >= 4 is 6.21 Å². The molecule has 4 rings (SSSR count). The van der Waals surface area contributed by atoms with Crippen molar-refractivity contribution in [3.8, 4) is 0 Å². The summed E-state index contributed by atoms with van der Waals surface area (Å²) in [7, 11) is 0. The van der Waals surface area contributed by atoms with Crippen LogP contribution < -0.4 is 0 Å². The van der Waals surface area contributed by atoms with Gasteiger partial charge in [0.2, 0.25) is 0 Å². The van der Waals surface area contributed by atoms with Gasteiger partial charge in [0.15, 0.2) is 0 Å². The summed E-state index contributed by atoms with van der Waals surface area (Å²) in [6.07, 6.45) is 17.1. The van der Waals surface area contributed by atoms with E-state index in [4.69, 9.17) is 4.99 Å². The number of allylic oxidation sites excluding steroid dienone is 1. The second-order valence-corrected chi connectivity index (χ2v) is 10.5. The van der Waals surface area contributed by atoms with Gasteiger partial charge in [-0.2, -0.15) is 0 Å². The van der Waals surface area contributed by atoms with E-state index in [1.165, 1.54) is 69.8 Å². The van der Waals surface area contributed by atoms with Gasteiger partial charge in [-0.1, -0.05) is 38.8 Å². The van der Waals surface area contributed by atoms with Gasteiger partial charge in [0.25, 0.3) is 0 Å². The van der Waals surface area contributed by atoms with Crippen molar-refractivity contribution in [3.05, 3.63) is 12.2 Å². The summed E-state index contributed by atoms with van der Waals surface area (Å²) in [4.78, 5) is 5.01. The Hall–Kier alpha value is -0.630. The first kappa shape index (κ1) is 18.7. The van der Waals surface area contributed by atoms with E-state index in [0.717, 1.165) is 24.7 Å². The largest absolute Gasteiger partial charge is 0.393 e. The van der Waals surface area contributed by atoms with Crippen LogP contribution in [0.5, 0.6) is 0 Å². The zero-order valence-electron chi connectivity index (χ0n) is 17.1. The fraction of sp³-hybridized carbons (Fsp3) is 0.875. The van der Waals surface area contributed by atoms with Crippen LogP contribution in [-0.2, 0) is 0 Å². The predicted octanol–water partition coefficient (Wildman–Crippen LogP) is 5.94. The van der Waals surface area contributed by atoms with Gasteiger partial charge in [-0.15, -0.1) is 0 Å². The fourth-order valence-electron chi connectivity index (χ4n) is 6.89. The molecular formula is C24H39NO. The minimum atomic E-state index is -0.122. The van der Waals surface area contributed by atoms with Crippen LogP contribution in [0.15, 0.2) is 17.1 Å². The Morgan fingerprint density at radius 3 is 2.54 bits per heavy atom. The van der Waals surface area contributed by atoms with E-state index in [-0.39, 0.29) is 6.10 Å². The van der Waals surface area contributed by atoms with E-state index < -0.39 is 0 Å². The van der Waals surface area contributed by atoms with Gasteiger partial charge in [-0.3, -0.25) is 4.99 Å². The molecule has 0 aromatic heterocycles. The van der Waals surface area contributed by atoms with Gasteiger partial charge >= 0.3 is 0 Å². The van der Waals surface area contributed by atoms with Crippen LogP contribution in [0, 0.1) is 28.6 Å². The summed E-state index contributed by atoms with van der Waals surface area (Å²) in [6.45, 7) is 9.42. The van der Waals surface area contributed by atoms with Crippen molar-refractivity contribution in [3.63, 3.8) is 0 Å². The zero-order chi connectivity index (χ0) is 18.4. The van der Waals surface area contributed by atoms with Crippen LogP contribution in [-0.4, -0.2) is 23.5 Å². The van der Waals surface area contributed by atoms with E-state index in [2.05, 4.69) is 26.6 Å². The topological polar surface area (TPSA) is 32.6 Å². The average Bonchev–Trinajstić information content (AvgIpc) is 3.24. The van der Waals surface area contributed by atoms with E-state index in [1.807, 2.05) is 0 Å². The smallest absolute Gasteiger partial charge is 0.0546 e. The third kappa shape index (κ3) is 3.21. The van der Waals surface area contributed by atoms with Crippen molar-refractivity contribution in [2.45, 2.75) is 103 Å². The number of hydrogen-bond donors (Lipinski definition) is 1. The molecule has 1 N–H and O–H groups in total. The molecule has 4 saturated carbocycles. The van der Waals surface area contributed by atoms with Crippen molar-refractivity contribution in [1.82, 2.24) is 0 Å². The summed E-state index contributed by atoms with van der Waals surface area (Å²) < 4.78 is 0. The molecule has 0 spiro atoms. The molecule has 0 bridgehead atoms. The number of aliphatic hydroxyl groups excluding tert-OH is 1. The minimum Gasteiger partial charge on any atom is -0.393 e. The number of rotatable bonds is 3. The highest BCUT2D eigenvalue weighted by Gasteiger charge is 2.51. The van der Waals surface area contributed by atoms with E-state index in [0.29, 0.717) is 22.8 Å². The van der Waals surface area contributed by atoms with Crippen molar-refractivity contribution in [2.24, 2.45) is 33.6 Å². The number of aliphatic hydroxyl groups is 1. The van der Waals surface area contributed by atoms with Gasteiger partial charge < -0.3 is 5.11 Å². The lowest BCUT2D eigenvalue weighted by Crippen LogP contribution is -2.46. The lowest BCUT2D eigenvalue weighted by Gasteiger charge is -2.52. The number of hydrogen-bond acceptors (Lipinski definition) is 2. The van der Waals surface area contributed by atoms with E-state index in [1.54, 1.807) is 0 Å². The molecule has 6 atom stereocenters. The summed E-state index contributed by atoms with van der Waals surface area (Å²) >= 11 is 0. The fourth-order valence-corrected chi connectivity index (χ4v) is 6.89. The average molecular weight is 358 g/mol. The maximum Gasteiger partial charge on any atom is 0.0546 e. The maximum atomic E-state index is 10.4. The molecule has 26 heavy (non-hydrogen) atoms. The predicted molar refractivity (Wildman–Crippen MR) is 110 cm³/mol. The van der Waals surface area contributed by atoms with Crippen molar-refractivity contribution in [2.75, 3.05) is 0 Å². The molecule has 0 heterocycles. The van der Waals surface area contributed by atoms with Crippen molar-refractivity contribution in [1.29, 1.82) is 0 Å². The molecule has 0 aromatic carbocycles. The first-order chi connectivity index (χ1) is 12.4. The van der Waals surface area contributed by atoms with Crippen LogP contribution in [0.4, 0.5) is 0 Å². The van der Waals surface area contributed by atoms with Gasteiger partial charge in [-0.25, -0.2) is 0 Å². The molecule has 2 unspecified atom stereocenters. The number of nitrogens with zero attached hydrogens (tertiary/aromatic N) is 1. The Kier molecular flexibility index (Phi) is 5.09. The highest BCUT2D eigenvalue weighted by Crippen LogP contribution is 2.60. The molecule has 0 aromatic rings. The van der Waals surface area contributed by atoms with Gasteiger partial charge in [0.05, 0.1) is 6.10 Å². The summed E-state index contributed by atoms with van der Waals surface area (Å²) in [5.41, 5.74) is 2.26. The second-order valence-electron chi connectivity index (χ2n) is 10.5. The van der Waals surface area contributed by atoms with Gasteiger partial charge in [0.1, 0.15) is 0 Å². The first-order valence-corrected chi connectivity index (χ1v) is 11.3. The third-order valence-electron chi connectivity index (χ3n) is 9.21. The molecule has 2 heteroatoms. The van der Waals surface area contributed by atoms with E-state index in [9.17, 15) is 5.11 Å². The Labute approximate surface area is 160 Å². The summed E-state index contributed by atoms with van der Waals surface area (Å²) in [5, 5.41) is 10.4. The van der Waals surface area contributed by atoms with Gasteiger partial charge in [0, 0.05) is 18.2 Å². The lowest BCUT2D eigenvalue weighted by molar-refractivity contribution is -0.0245. The molecule has 0 saturated heterocycles. The maximum absolute atomic E-state index is 10.4. The number of fused-ring (bicyclic) bond motifs is 1. The zero-order valence-corrected chi connectivity index (χ0v) is 17.1. The molecule has 0 radical (unpaired) electrons. The Morgan fingerprint density at radius 1 is 1.00 bits per heavy atom.